The van der Waals surface area contributed by atoms with Crippen molar-refractivity contribution in [1.29, 1.82) is 0 Å². The molecule has 0 radical (unpaired) electrons. The van der Waals surface area contributed by atoms with E-state index in [1.807, 2.05) is 0 Å². The summed E-state index contributed by atoms with van der Waals surface area (Å²) < 4.78 is 5.99. The van der Waals surface area contributed by atoms with Crippen LogP contribution in [0, 0.1) is 0 Å². The number of aliphatic carboxylic acids is 1. The number of rotatable bonds is 1. The van der Waals surface area contributed by atoms with E-state index in [0.717, 1.165) is 0 Å². The van der Waals surface area contributed by atoms with Crippen LogP contribution in [-0.2, 0) is 4.79 Å². The fourth-order valence-corrected chi connectivity index (χ4v) is 0. The molecule has 0 aliphatic carbocycles. The van der Waals surface area contributed by atoms with Gasteiger partial charge in [0.05, 0.1) is 1.37 Å². The lowest BCUT2D eigenvalue weighted by atomic mass is 10.8. The highest BCUT2D eigenvalue weighted by atomic mass is 16.4. The first-order valence-corrected chi connectivity index (χ1v) is 0.975. The molecule has 1 atom stereocenters. The fourth-order valence-electron chi connectivity index (χ4n) is 0. The highest BCUT2D eigenvalue weighted by molar-refractivity contribution is 5.67. The SMILES string of the molecule is [3H]C(O)C(=O)O. The Kier molecular flexibility index (Phi) is 0.914. The zero-order valence-corrected chi connectivity index (χ0v) is 2.38. The maximum atomic E-state index is 9.26. The van der Waals surface area contributed by atoms with Crippen LogP contribution in [0.2, 0.25) is 0 Å². The number of carboxylic acids is 1. The van der Waals surface area contributed by atoms with Crippen molar-refractivity contribution in [2.45, 2.75) is 0 Å². The molecule has 0 aromatic heterocycles. The molecule has 3 nitrogen and oxygen atoms in total. The van der Waals surface area contributed by atoms with Crippen LogP contribution in [-0.4, -0.2) is 22.8 Å². The predicted molar refractivity (Wildman–Crippen MR) is 14.7 cm³/mol. The molecular weight excluding hydrogens is 72.0 g/mol. The molecule has 0 fully saturated rings. The molecular formula is C2H4O3. The van der Waals surface area contributed by atoms with E-state index in [9.17, 15) is 4.79 Å². The second kappa shape index (κ2) is 1.72. The van der Waals surface area contributed by atoms with Crippen molar-refractivity contribution in [3.05, 3.63) is 0 Å². The van der Waals surface area contributed by atoms with Crippen molar-refractivity contribution in [2.24, 2.45) is 0 Å². The summed E-state index contributed by atoms with van der Waals surface area (Å²) >= 11 is 0. The average molecular weight is 78.1 g/mol. The molecule has 1 unspecified atom stereocenters. The van der Waals surface area contributed by atoms with Crippen LogP contribution >= 0.6 is 0 Å². The van der Waals surface area contributed by atoms with E-state index in [4.69, 9.17) is 11.6 Å². The van der Waals surface area contributed by atoms with Crippen LogP contribution in [0.25, 0.3) is 0 Å². The summed E-state index contributed by atoms with van der Waals surface area (Å²) in [5.74, 6) is -1.52. The van der Waals surface area contributed by atoms with E-state index in [1.54, 1.807) is 0 Å². The van der Waals surface area contributed by atoms with Gasteiger partial charge in [0.1, 0.15) is 6.58 Å². The number of aliphatic hydroxyl groups excluding tert-OH is 1. The Hall–Kier alpha value is -0.570. The number of carbonyl (C=O) groups is 1. The molecule has 30 valence electrons. The first-order chi connectivity index (χ1) is 2.64. The zero-order valence-electron chi connectivity index (χ0n) is 3.38. The van der Waals surface area contributed by atoms with Crippen molar-refractivity contribution in [3.63, 3.8) is 0 Å². The molecule has 0 saturated carbocycles. The van der Waals surface area contributed by atoms with Gasteiger partial charge in [-0.2, -0.15) is 0 Å². The van der Waals surface area contributed by atoms with Gasteiger partial charge in [-0.15, -0.1) is 0 Å². The summed E-state index contributed by atoms with van der Waals surface area (Å²) in [6.07, 6.45) is 0. The van der Waals surface area contributed by atoms with E-state index in [0.29, 0.717) is 0 Å². The lowest BCUT2D eigenvalue weighted by Gasteiger charge is -1.72. The maximum Gasteiger partial charge on any atom is 0.329 e. The van der Waals surface area contributed by atoms with Crippen LogP contribution in [0.1, 0.15) is 1.37 Å². The van der Waals surface area contributed by atoms with E-state index in [1.165, 1.54) is 0 Å². The molecule has 0 aromatic carbocycles. The van der Waals surface area contributed by atoms with E-state index in [-0.39, 0.29) is 0 Å². The normalized spacial score (nSPS) is 16.6. The third-order valence-electron chi connectivity index (χ3n) is 0.110. The third kappa shape index (κ3) is 3.43. The van der Waals surface area contributed by atoms with Gasteiger partial charge in [0.25, 0.3) is 0 Å². The quantitative estimate of drug-likeness (QED) is 0.425. The molecule has 0 saturated heterocycles. The smallest absolute Gasteiger partial charge is 0.329 e. The summed E-state index contributed by atoms with van der Waals surface area (Å²) in [4.78, 5) is 9.26. The molecule has 0 amide bonds. The minimum absolute atomic E-state index is 1.52. The van der Waals surface area contributed by atoms with Crippen molar-refractivity contribution >= 4 is 5.97 Å². The predicted octanol–water partition coefficient (Wildman–Crippen LogP) is -0.937. The number of aliphatic hydroxyl groups is 1. The fraction of sp³-hybridized carbons (Fsp3) is 0.500. The van der Waals surface area contributed by atoms with Gasteiger partial charge in [-0.05, 0) is 0 Å². The molecule has 0 aliphatic rings. The standard InChI is InChI=1S/C2H4O3/c3-1-2(4)5/h3H,1H2,(H,4,5)/i1T. The summed E-state index contributed by atoms with van der Waals surface area (Å²) in [7, 11) is 0. The number of hydrogen-bond acceptors (Lipinski definition) is 2. The van der Waals surface area contributed by atoms with Gasteiger partial charge in [0.15, 0.2) is 0 Å². The highest BCUT2D eigenvalue weighted by Gasteiger charge is 1.82. The summed E-state index contributed by atoms with van der Waals surface area (Å²) in [6, 6.07) is 0. The Labute approximate surface area is 30.3 Å². The second-order valence-electron chi connectivity index (χ2n) is 0.467. The first kappa shape index (κ1) is 2.66. The van der Waals surface area contributed by atoms with Gasteiger partial charge in [-0.1, -0.05) is 0 Å². The Morgan fingerprint density at radius 3 is 2.40 bits per heavy atom. The van der Waals surface area contributed by atoms with Gasteiger partial charge in [0, 0.05) is 0 Å². The second-order valence-corrected chi connectivity index (χ2v) is 0.467. The minimum Gasteiger partial charge on any atom is -0.480 e. The van der Waals surface area contributed by atoms with E-state index in [2.05, 4.69) is 0 Å². The molecule has 0 heterocycles. The number of hydrogen-bond donors (Lipinski definition) is 2. The molecule has 0 spiro atoms. The van der Waals surface area contributed by atoms with E-state index < -0.39 is 12.6 Å². The summed E-state index contributed by atoms with van der Waals surface area (Å²) in [6.45, 7) is -1.98. The van der Waals surface area contributed by atoms with Gasteiger partial charge in [-0.25, -0.2) is 4.79 Å². The molecule has 0 rings (SSSR count). The Morgan fingerprint density at radius 2 is 2.40 bits per heavy atom. The molecule has 3 heteroatoms. The monoisotopic (exact) mass is 78.0 g/mol. The van der Waals surface area contributed by atoms with Crippen LogP contribution in [0.5, 0.6) is 0 Å². The van der Waals surface area contributed by atoms with E-state index >= 15 is 0 Å². The minimum atomic E-state index is -1.98. The first-order valence-electron chi connectivity index (χ1n) is 1.55. The van der Waals surface area contributed by atoms with Gasteiger partial charge < -0.3 is 10.2 Å². The van der Waals surface area contributed by atoms with Crippen LogP contribution in [0.3, 0.4) is 0 Å². The van der Waals surface area contributed by atoms with Crippen molar-refractivity contribution in [2.75, 3.05) is 6.58 Å². The van der Waals surface area contributed by atoms with Gasteiger partial charge in [-0.3, -0.25) is 0 Å². The molecule has 0 aliphatic heterocycles. The largest absolute Gasteiger partial charge is 0.480 e. The van der Waals surface area contributed by atoms with Crippen molar-refractivity contribution in [3.8, 4) is 0 Å². The molecule has 5 heavy (non-hydrogen) atoms. The van der Waals surface area contributed by atoms with Crippen LogP contribution in [0.4, 0.5) is 0 Å². The Morgan fingerprint density at radius 1 is 2.20 bits per heavy atom. The van der Waals surface area contributed by atoms with Gasteiger partial charge >= 0.3 is 5.97 Å². The zero-order chi connectivity index (χ0) is 5.15. The van der Waals surface area contributed by atoms with Crippen molar-refractivity contribution in [1.82, 2.24) is 0 Å². The summed E-state index contributed by atoms with van der Waals surface area (Å²) in [5.41, 5.74) is 0. The maximum absolute atomic E-state index is 9.26. The molecule has 2 N–H and O–H groups in total. The Balaban J connectivity index is 3.26. The Bertz CT molecular complexity index is 59.8. The lowest BCUT2D eigenvalue weighted by molar-refractivity contribution is -0.140. The van der Waals surface area contributed by atoms with Crippen molar-refractivity contribution < 1.29 is 16.4 Å². The summed E-state index contributed by atoms with van der Waals surface area (Å²) in [5, 5.41) is 15.2. The number of carboxylic acid groups (broad SMARTS) is 1. The van der Waals surface area contributed by atoms with Gasteiger partial charge in [0.2, 0.25) is 0 Å². The third-order valence-corrected chi connectivity index (χ3v) is 0.110. The van der Waals surface area contributed by atoms with Crippen LogP contribution in [0.15, 0.2) is 0 Å². The van der Waals surface area contributed by atoms with Crippen LogP contribution < -0.4 is 0 Å². The molecule has 0 aromatic rings. The lowest BCUT2D eigenvalue weighted by Crippen LogP contribution is -1.98. The molecule has 0 bridgehead atoms. The topological polar surface area (TPSA) is 57.5 Å². The highest BCUT2D eigenvalue weighted by Crippen LogP contribution is 1.48. The average Bonchev–Trinajstić information content (AvgIpc) is 1.36.